The van der Waals surface area contributed by atoms with Crippen molar-refractivity contribution in [3.63, 3.8) is 0 Å². The van der Waals surface area contributed by atoms with Crippen molar-refractivity contribution in [3.8, 4) is 6.07 Å². The van der Waals surface area contributed by atoms with E-state index in [1.54, 1.807) is 42.5 Å². The van der Waals surface area contributed by atoms with Gasteiger partial charge in [-0.1, -0.05) is 31.2 Å². The van der Waals surface area contributed by atoms with Crippen LogP contribution in [0.25, 0.3) is 0 Å². The predicted octanol–water partition coefficient (Wildman–Crippen LogP) is 3.70. The zero-order valence-corrected chi connectivity index (χ0v) is 17.9. The average molecular weight is 436 g/mol. The number of nitrogens with one attached hydrogen (secondary N) is 1. The van der Waals surface area contributed by atoms with Crippen LogP contribution in [-0.2, 0) is 4.79 Å². The number of benzene rings is 2. The Hall–Kier alpha value is -3.99. The third kappa shape index (κ3) is 7.36. The molecule has 32 heavy (non-hydrogen) atoms. The van der Waals surface area contributed by atoms with Gasteiger partial charge in [-0.15, -0.1) is 0 Å². The van der Waals surface area contributed by atoms with E-state index in [0.29, 0.717) is 29.1 Å². The van der Waals surface area contributed by atoms with Gasteiger partial charge in [0.15, 0.2) is 0 Å². The molecule has 1 saturated heterocycles. The van der Waals surface area contributed by atoms with E-state index in [-0.39, 0.29) is 17.6 Å². The van der Waals surface area contributed by atoms with Gasteiger partial charge >= 0.3 is 0 Å². The number of hydrogen-bond acceptors (Lipinski definition) is 4. The zero-order valence-electron chi connectivity index (χ0n) is 17.9. The van der Waals surface area contributed by atoms with Crippen LogP contribution in [0, 0.1) is 23.1 Å². The van der Waals surface area contributed by atoms with Crippen LogP contribution in [0.15, 0.2) is 65.8 Å². The summed E-state index contributed by atoms with van der Waals surface area (Å²) < 4.78 is 13.0. The number of amides is 2. The largest absolute Gasteiger partial charge is 0.384 e. The van der Waals surface area contributed by atoms with Crippen molar-refractivity contribution in [2.75, 3.05) is 18.4 Å². The van der Waals surface area contributed by atoms with Crippen LogP contribution in [-0.4, -0.2) is 36.1 Å². The van der Waals surface area contributed by atoms with Crippen LogP contribution in [0.1, 0.15) is 35.7 Å². The Labute approximate surface area is 187 Å². The molecule has 3 N–H and O–H groups in total. The van der Waals surface area contributed by atoms with Crippen molar-refractivity contribution in [2.24, 2.45) is 16.6 Å². The van der Waals surface area contributed by atoms with Crippen molar-refractivity contribution in [2.45, 2.75) is 19.8 Å². The number of anilines is 1. The summed E-state index contributed by atoms with van der Waals surface area (Å²) in [4.78, 5) is 27.3. The van der Waals surface area contributed by atoms with Crippen LogP contribution in [0.4, 0.5) is 10.1 Å². The molecule has 1 fully saturated rings. The van der Waals surface area contributed by atoms with E-state index < -0.39 is 0 Å². The van der Waals surface area contributed by atoms with E-state index in [2.05, 4.69) is 23.3 Å². The van der Waals surface area contributed by atoms with Gasteiger partial charge in [-0.05, 0) is 49.1 Å². The molecule has 8 heteroatoms. The second kappa shape index (κ2) is 12.6. The topological polar surface area (TPSA) is 112 Å². The van der Waals surface area contributed by atoms with Gasteiger partial charge in [-0.2, -0.15) is 10.3 Å². The van der Waals surface area contributed by atoms with Crippen LogP contribution >= 0.6 is 0 Å². The maximum Gasteiger partial charge on any atom is 0.255 e. The Bertz CT molecular complexity index is 1020. The van der Waals surface area contributed by atoms with Gasteiger partial charge in [-0.25, -0.2) is 4.39 Å². The standard InChI is InChI=1S/C14H16N2O.C10H10FN3O/c1-11-6-8-16(9-7-11)14(17)13-5-3-2-4-12(13)10-15;11-8-3-1-2-4-9(8)13-6-5-10(12)14-7-15/h2-5,11H,6-9H2,1H3;1-7,13H,(H2,12,14,15)/b;6-5-. The highest BCUT2D eigenvalue weighted by atomic mass is 19.1. The molecule has 7 nitrogen and oxygen atoms in total. The van der Waals surface area contributed by atoms with E-state index in [1.807, 2.05) is 4.90 Å². The second-order valence-corrected chi connectivity index (χ2v) is 7.25. The van der Waals surface area contributed by atoms with E-state index in [0.717, 1.165) is 25.9 Å². The van der Waals surface area contributed by atoms with Crippen LogP contribution in [0.5, 0.6) is 0 Å². The van der Waals surface area contributed by atoms with Crippen molar-refractivity contribution < 1.29 is 14.0 Å². The second-order valence-electron chi connectivity index (χ2n) is 7.25. The summed E-state index contributed by atoms with van der Waals surface area (Å²) in [7, 11) is 0. The highest BCUT2D eigenvalue weighted by Gasteiger charge is 2.22. The number of aliphatic imine (C=N–C) groups is 1. The third-order valence-electron chi connectivity index (χ3n) is 4.92. The number of halogens is 1. The summed E-state index contributed by atoms with van der Waals surface area (Å²) >= 11 is 0. The van der Waals surface area contributed by atoms with Gasteiger partial charge in [0.05, 0.1) is 22.9 Å². The Balaban J connectivity index is 0.000000229. The monoisotopic (exact) mass is 435 g/mol. The van der Waals surface area contributed by atoms with Crippen molar-refractivity contribution in [3.05, 3.63) is 77.8 Å². The maximum atomic E-state index is 13.0. The number of likely N-dealkylation sites (tertiary alicyclic amines) is 1. The van der Waals surface area contributed by atoms with E-state index >= 15 is 0 Å². The van der Waals surface area contributed by atoms with Crippen molar-refractivity contribution in [1.82, 2.24) is 4.90 Å². The number of nitrogens with two attached hydrogens (primary N) is 1. The molecular weight excluding hydrogens is 409 g/mol. The molecule has 2 amide bonds. The maximum absolute atomic E-state index is 13.0. The summed E-state index contributed by atoms with van der Waals surface area (Å²) in [6, 6.07) is 15.3. The van der Waals surface area contributed by atoms with Gasteiger partial charge in [0.2, 0.25) is 6.41 Å². The van der Waals surface area contributed by atoms with Gasteiger partial charge in [0.25, 0.3) is 5.91 Å². The molecule has 0 radical (unpaired) electrons. The lowest BCUT2D eigenvalue weighted by atomic mass is 9.98. The molecule has 0 unspecified atom stereocenters. The number of piperidine rings is 1. The van der Waals surface area contributed by atoms with Crippen LogP contribution in [0.2, 0.25) is 0 Å². The lowest BCUT2D eigenvalue weighted by Crippen LogP contribution is -2.38. The molecule has 1 heterocycles. The summed E-state index contributed by atoms with van der Waals surface area (Å²) in [5.41, 5.74) is 6.61. The Morgan fingerprint density at radius 3 is 2.53 bits per heavy atom. The molecule has 2 aromatic rings. The summed E-state index contributed by atoms with van der Waals surface area (Å²) in [5.74, 6) is 0.376. The minimum absolute atomic E-state index is 0.00551. The minimum atomic E-state index is -0.368. The van der Waals surface area contributed by atoms with E-state index in [4.69, 9.17) is 11.0 Å². The van der Waals surface area contributed by atoms with E-state index in [9.17, 15) is 14.0 Å². The molecule has 0 aliphatic carbocycles. The van der Waals surface area contributed by atoms with Gasteiger partial charge < -0.3 is 16.0 Å². The summed E-state index contributed by atoms with van der Waals surface area (Å²) in [5, 5.41) is 11.7. The van der Waals surface area contributed by atoms with Gasteiger partial charge in [0, 0.05) is 19.3 Å². The molecule has 3 rings (SSSR count). The fraction of sp³-hybridized carbons (Fsp3) is 0.250. The Kier molecular flexibility index (Phi) is 9.60. The molecule has 0 atom stereocenters. The Morgan fingerprint density at radius 2 is 1.88 bits per heavy atom. The first-order valence-corrected chi connectivity index (χ1v) is 10.2. The van der Waals surface area contributed by atoms with E-state index in [1.165, 1.54) is 18.3 Å². The lowest BCUT2D eigenvalue weighted by molar-refractivity contribution is -0.106. The van der Waals surface area contributed by atoms with Crippen LogP contribution < -0.4 is 11.1 Å². The molecule has 0 spiro atoms. The highest BCUT2D eigenvalue weighted by molar-refractivity contribution is 5.96. The van der Waals surface area contributed by atoms with Crippen LogP contribution in [0.3, 0.4) is 0 Å². The normalized spacial score (nSPS) is 14.3. The number of nitriles is 1. The van der Waals surface area contributed by atoms with Crippen molar-refractivity contribution >= 4 is 23.8 Å². The molecule has 1 aliphatic rings. The predicted molar refractivity (Wildman–Crippen MR) is 122 cm³/mol. The molecule has 166 valence electrons. The SMILES string of the molecule is CC1CCN(C(=O)c2ccccc2C#N)CC1.NC(/C=C\Nc1ccccc1F)=NC=O. The first-order valence-electron chi connectivity index (χ1n) is 10.2. The number of hydrogen-bond donors (Lipinski definition) is 2. The molecular formula is C24H26FN5O2. The molecule has 0 aromatic heterocycles. The summed E-state index contributed by atoms with van der Waals surface area (Å²) in [6.45, 7) is 3.82. The highest BCUT2D eigenvalue weighted by Crippen LogP contribution is 2.19. The van der Waals surface area contributed by atoms with Crippen molar-refractivity contribution in [1.29, 1.82) is 5.26 Å². The summed E-state index contributed by atoms with van der Waals surface area (Å²) in [6.07, 6.45) is 5.21. The van der Waals surface area contributed by atoms with Gasteiger partial charge in [-0.3, -0.25) is 9.59 Å². The third-order valence-corrected chi connectivity index (χ3v) is 4.92. The number of carbonyl (C=O) groups is 2. The Morgan fingerprint density at radius 1 is 1.22 bits per heavy atom. The lowest BCUT2D eigenvalue weighted by Gasteiger charge is -2.30. The molecule has 2 aromatic carbocycles. The number of rotatable bonds is 5. The first-order chi connectivity index (χ1) is 15.5. The average Bonchev–Trinajstić information content (AvgIpc) is 2.81. The number of amidine groups is 1. The number of para-hydroxylation sites is 1. The first kappa shape index (κ1) is 24.3. The number of carbonyl (C=O) groups excluding carboxylic acids is 2. The zero-order chi connectivity index (χ0) is 23.3. The molecule has 0 bridgehead atoms. The quantitative estimate of drug-likeness (QED) is 0.423. The fourth-order valence-electron chi connectivity index (χ4n) is 3.05. The molecule has 1 aliphatic heterocycles. The fourth-order valence-corrected chi connectivity index (χ4v) is 3.05. The smallest absolute Gasteiger partial charge is 0.255 e. The van der Waals surface area contributed by atoms with Gasteiger partial charge in [0.1, 0.15) is 11.7 Å². The molecule has 0 saturated carbocycles. The minimum Gasteiger partial charge on any atom is -0.384 e. The number of nitrogens with zero attached hydrogens (tertiary/aromatic N) is 3.